The van der Waals surface area contributed by atoms with Crippen molar-refractivity contribution >= 4 is 0 Å². The summed E-state index contributed by atoms with van der Waals surface area (Å²) in [5, 5.41) is 3.34. The van der Waals surface area contributed by atoms with Crippen LogP contribution >= 0.6 is 0 Å². The number of nitrogens with one attached hydrogen (secondary N) is 1. The fourth-order valence-corrected chi connectivity index (χ4v) is 1.48. The van der Waals surface area contributed by atoms with Crippen LogP contribution in [0.5, 0.6) is 0 Å². The molecule has 5 heteroatoms. The standard InChI is InChI=1S/C11H17N3O2/c1-11(2)15-6-10(7-16-11)13-5-9-3-4-12-8-14-9/h3-4,8,10,13H,5-7H2,1-2H3. The van der Waals surface area contributed by atoms with Crippen LogP contribution in [-0.4, -0.2) is 35.0 Å². The molecule has 0 spiro atoms. The van der Waals surface area contributed by atoms with Gasteiger partial charge in [-0.3, -0.25) is 0 Å². The fourth-order valence-electron chi connectivity index (χ4n) is 1.48. The van der Waals surface area contributed by atoms with Gasteiger partial charge in [-0.1, -0.05) is 0 Å². The van der Waals surface area contributed by atoms with E-state index in [4.69, 9.17) is 9.47 Å². The number of hydrogen-bond acceptors (Lipinski definition) is 5. The number of nitrogens with zero attached hydrogens (tertiary/aromatic N) is 2. The zero-order chi connectivity index (χ0) is 11.4. The lowest BCUT2D eigenvalue weighted by Crippen LogP contribution is -2.48. The van der Waals surface area contributed by atoms with Crippen molar-refractivity contribution in [2.75, 3.05) is 13.2 Å². The molecule has 0 saturated carbocycles. The number of rotatable bonds is 3. The van der Waals surface area contributed by atoms with Gasteiger partial charge in [0.15, 0.2) is 5.79 Å². The Labute approximate surface area is 95.2 Å². The van der Waals surface area contributed by atoms with Crippen molar-refractivity contribution in [1.29, 1.82) is 0 Å². The molecule has 1 aliphatic rings. The Balaban J connectivity index is 1.76. The first-order valence-electron chi connectivity index (χ1n) is 5.42. The van der Waals surface area contributed by atoms with Crippen LogP contribution in [0.25, 0.3) is 0 Å². The van der Waals surface area contributed by atoms with E-state index in [0.29, 0.717) is 19.8 Å². The monoisotopic (exact) mass is 223 g/mol. The number of ether oxygens (including phenoxy) is 2. The first-order chi connectivity index (χ1) is 7.66. The van der Waals surface area contributed by atoms with Gasteiger partial charge in [0.05, 0.1) is 24.9 Å². The second kappa shape index (κ2) is 4.86. The molecule has 88 valence electrons. The van der Waals surface area contributed by atoms with Gasteiger partial charge in [0.25, 0.3) is 0 Å². The summed E-state index contributed by atoms with van der Waals surface area (Å²) < 4.78 is 11.1. The highest BCUT2D eigenvalue weighted by Crippen LogP contribution is 2.16. The molecule has 2 rings (SSSR count). The van der Waals surface area contributed by atoms with Gasteiger partial charge in [-0.15, -0.1) is 0 Å². The molecule has 0 radical (unpaired) electrons. The second-order valence-corrected chi connectivity index (χ2v) is 4.30. The Morgan fingerprint density at radius 1 is 1.44 bits per heavy atom. The molecule has 1 aliphatic heterocycles. The van der Waals surface area contributed by atoms with Crippen LogP contribution in [-0.2, 0) is 16.0 Å². The van der Waals surface area contributed by atoms with Crippen LogP contribution in [0.4, 0.5) is 0 Å². The molecule has 0 unspecified atom stereocenters. The Morgan fingerprint density at radius 3 is 2.81 bits per heavy atom. The lowest BCUT2D eigenvalue weighted by Gasteiger charge is -2.35. The zero-order valence-corrected chi connectivity index (χ0v) is 9.64. The fraction of sp³-hybridized carbons (Fsp3) is 0.636. The zero-order valence-electron chi connectivity index (χ0n) is 9.64. The lowest BCUT2D eigenvalue weighted by molar-refractivity contribution is -0.253. The topological polar surface area (TPSA) is 56.3 Å². The summed E-state index contributed by atoms with van der Waals surface area (Å²) in [6, 6.07) is 2.12. The van der Waals surface area contributed by atoms with E-state index in [1.807, 2.05) is 19.9 Å². The Hall–Kier alpha value is -1.04. The van der Waals surface area contributed by atoms with Gasteiger partial charge < -0.3 is 14.8 Å². The predicted molar refractivity (Wildman–Crippen MR) is 58.6 cm³/mol. The van der Waals surface area contributed by atoms with Crippen molar-refractivity contribution in [1.82, 2.24) is 15.3 Å². The number of hydrogen-bond donors (Lipinski definition) is 1. The molecular formula is C11H17N3O2. The van der Waals surface area contributed by atoms with E-state index in [9.17, 15) is 0 Å². The molecule has 0 atom stereocenters. The van der Waals surface area contributed by atoms with Gasteiger partial charge in [0, 0.05) is 12.7 Å². The van der Waals surface area contributed by atoms with Crippen molar-refractivity contribution < 1.29 is 9.47 Å². The maximum Gasteiger partial charge on any atom is 0.162 e. The normalized spacial score (nSPS) is 20.9. The lowest BCUT2D eigenvalue weighted by atomic mass is 10.2. The molecule has 2 heterocycles. The molecule has 0 aromatic carbocycles. The highest BCUT2D eigenvalue weighted by Gasteiger charge is 2.27. The molecule has 0 bridgehead atoms. The Bertz CT molecular complexity index is 319. The minimum atomic E-state index is -0.451. The van der Waals surface area contributed by atoms with Crippen molar-refractivity contribution in [2.24, 2.45) is 0 Å². The molecule has 1 N–H and O–H groups in total. The summed E-state index contributed by atoms with van der Waals surface area (Å²) in [6.07, 6.45) is 3.29. The summed E-state index contributed by atoms with van der Waals surface area (Å²) in [7, 11) is 0. The van der Waals surface area contributed by atoms with Crippen molar-refractivity contribution in [3.63, 3.8) is 0 Å². The molecular weight excluding hydrogens is 206 g/mol. The first kappa shape index (κ1) is 11.4. The van der Waals surface area contributed by atoms with E-state index in [2.05, 4.69) is 15.3 Å². The minimum Gasteiger partial charge on any atom is -0.349 e. The third-order valence-corrected chi connectivity index (χ3v) is 2.48. The number of aromatic nitrogens is 2. The second-order valence-electron chi connectivity index (χ2n) is 4.30. The summed E-state index contributed by atoms with van der Waals surface area (Å²) in [4.78, 5) is 8.01. The van der Waals surface area contributed by atoms with Crippen LogP contribution < -0.4 is 5.32 Å². The molecule has 1 saturated heterocycles. The van der Waals surface area contributed by atoms with Gasteiger partial charge in [-0.2, -0.15) is 0 Å². The Kier molecular flexibility index (Phi) is 3.48. The van der Waals surface area contributed by atoms with E-state index in [-0.39, 0.29) is 6.04 Å². The van der Waals surface area contributed by atoms with Crippen molar-refractivity contribution in [3.05, 3.63) is 24.3 Å². The maximum atomic E-state index is 5.55. The van der Waals surface area contributed by atoms with Gasteiger partial charge in [-0.25, -0.2) is 9.97 Å². The van der Waals surface area contributed by atoms with Gasteiger partial charge >= 0.3 is 0 Å². The van der Waals surface area contributed by atoms with Gasteiger partial charge in [0.1, 0.15) is 6.33 Å². The van der Waals surface area contributed by atoms with Crippen LogP contribution in [0.1, 0.15) is 19.5 Å². The van der Waals surface area contributed by atoms with Crippen LogP contribution in [0.15, 0.2) is 18.6 Å². The van der Waals surface area contributed by atoms with E-state index >= 15 is 0 Å². The van der Waals surface area contributed by atoms with Gasteiger partial charge in [-0.05, 0) is 19.9 Å². The van der Waals surface area contributed by atoms with Crippen molar-refractivity contribution in [3.8, 4) is 0 Å². The first-order valence-corrected chi connectivity index (χ1v) is 5.42. The van der Waals surface area contributed by atoms with Crippen molar-refractivity contribution in [2.45, 2.75) is 32.2 Å². The maximum absolute atomic E-state index is 5.55. The third kappa shape index (κ3) is 3.23. The van der Waals surface area contributed by atoms with Crippen LogP contribution in [0.2, 0.25) is 0 Å². The average Bonchev–Trinajstić information content (AvgIpc) is 2.29. The molecule has 0 amide bonds. The molecule has 1 aromatic rings. The summed E-state index contributed by atoms with van der Waals surface area (Å²) >= 11 is 0. The van der Waals surface area contributed by atoms with E-state index in [1.165, 1.54) is 0 Å². The van der Waals surface area contributed by atoms with E-state index in [1.54, 1.807) is 12.5 Å². The van der Waals surface area contributed by atoms with Crippen LogP contribution in [0, 0.1) is 0 Å². The van der Waals surface area contributed by atoms with Gasteiger partial charge in [0.2, 0.25) is 0 Å². The third-order valence-electron chi connectivity index (χ3n) is 2.48. The van der Waals surface area contributed by atoms with E-state index < -0.39 is 5.79 Å². The highest BCUT2D eigenvalue weighted by atomic mass is 16.7. The molecule has 5 nitrogen and oxygen atoms in total. The minimum absolute atomic E-state index is 0.225. The Morgan fingerprint density at radius 2 is 2.19 bits per heavy atom. The summed E-state index contributed by atoms with van der Waals surface area (Å²) in [5.41, 5.74) is 0.972. The average molecular weight is 223 g/mol. The molecule has 1 fully saturated rings. The molecule has 0 aliphatic carbocycles. The summed E-state index contributed by atoms with van der Waals surface area (Å²) in [5.74, 6) is -0.451. The van der Waals surface area contributed by atoms with E-state index in [0.717, 1.165) is 5.69 Å². The van der Waals surface area contributed by atoms with Crippen LogP contribution in [0.3, 0.4) is 0 Å². The predicted octanol–water partition coefficient (Wildman–Crippen LogP) is 0.718. The quantitative estimate of drug-likeness (QED) is 0.818. The largest absolute Gasteiger partial charge is 0.349 e. The molecule has 16 heavy (non-hydrogen) atoms. The molecule has 1 aromatic heterocycles. The highest BCUT2D eigenvalue weighted by molar-refractivity contribution is 4.97. The summed E-state index contributed by atoms with van der Waals surface area (Å²) in [6.45, 7) is 5.89. The SMILES string of the molecule is CC1(C)OCC(NCc2ccncn2)CO1. The smallest absolute Gasteiger partial charge is 0.162 e.